The van der Waals surface area contributed by atoms with Gasteiger partial charge in [0.15, 0.2) is 6.10 Å². The van der Waals surface area contributed by atoms with Gasteiger partial charge < -0.3 is 19.1 Å². The van der Waals surface area contributed by atoms with E-state index in [0.717, 1.165) is 0 Å². The molecule has 1 atom stereocenters. The van der Waals surface area contributed by atoms with Crippen molar-refractivity contribution < 1.29 is 32.6 Å². The molecule has 0 unspecified atom stereocenters. The largest absolute Gasteiger partial charge is 0.479 e. The molecule has 2 aromatic rings. The Morgan fingerprint density at radius 1 is 1.18 bits per heavy atom. The molecule has 28 heavy (non-hydrogen) atoms. The first-order valence-corrected chi connectivity index (χ1v) is 8.70. The summed E-state index contributed by atoms with van der Waals surface area (Å²) in [6.45, 7) is -1.06. The lowest BCUT2D eigenvalue weighted by molar-refractivity contribution is -0.144. The first-order chi connectivity index (χ1) is 13.4. The fourth-order valence-corrected chi connectivity index (χ4v) is 2.80. The van der Waals surface area contributed by atoms with E-state index in [1.165, 1.54) is 29.2 Å². The SMILES string of the molecule is C[C@H]1Oc2ccccc2N(CCC(=O)OCc2ccc(OC(F)F)cc2)C1=O. The van der Waals surface area contributed by atoms with Gasteiger partial charge in [0.05, 0.1) is 12.1 Å². The van der Waals surface area contributed by atoms with Crippen LogP contribution in [0.5, 0.6) is 11.5 Å². The molecular weight excluding hydrogens is 372 g/mol. The van der Waals surface area contributed by atoms with Crippen molar-refractivity contribution in [2.45, 2.75) is 32.7 Å². The van der Waals surface area contributed by atoms with Crippen LogP contribution in [0.4, 0.5) is 14.5 Å². The third kappa shape index (κ3) is 4.76. The van der Waals surface area contributed by atoms with E-state index < -0.39 is 18.7 Å². The van der Waals surface area contributed by atoms with E-state index in [4.69, 9.17) is 9.47 Å². The van der Waals surface area contributed by atoms with Crippen molar-refractivity contribution in [1.29, 1.82) is 0 Å². The van der Waals surface area contributed by atoms with Gasteiger partial charge in [0.1, 0.15) is 18.1 Å². The normalized spacial score (nSPS) is 15.8. The van der Waals surface area contributed by atoms with Gasteiger partial charge in [-0.2, -0.15) is 8.78 Å². The fourth-order valence-electron chi connectivity index (χ4n) is 2.80. The maximum atomic E-state index is 12.4. The number of nitrogens with zero attached hydrogens (tertiary/aromatic N) is 1. The zero-order chi connectivity index (χ0) is 20.1. The van der Waals surface area contributed by atoms with Crippen molar-refractivity contribution in [3.63, 3.8) is 0 Å². The van der Waals surface area contributed by atoms with Gasteiger partial charge in [0, 0.05) is 6.54 Å². The number of benzene rings is 2. The number of carbonyl (C=O) groups excluding carboxylic acids is 2. The molecule has 0 aromatic heterocycles. The Morgan fingerprint density at radius 3 is 2.61 bits per heavy atom. The van der Waals surface area contributed by atoms with Crippen LogP contribution in [0.25, 0.3) is 0 Å². The zero-order valence-electron chi connectivity index (χ0n) is 15.1. The van der Waals surface area contributed by atoms with Gasteiger partial charge in [-0.1, -0.05) is 24.3 Å². The summed E-state index contributed by atoms with van der Waals surface area (Å²) in [6, 6.07) is 12.9. The zero-order valence-corrected chi connectivity index (χ0v) is 15.1. The van der Waals surface area contributed by atoms with Crippen LogP contribution in [0, 0.1) is 0 Å². The van der Waals surface area contributed by atoms with Gasteiger partial charge in [-0.05, 0) is 36.8 Å². The number of esters is 1. The third-order valence-corrected chi connectivity index (χ3v) is 4.16. The van der Waals surface area contributed by atoms with Gasteiger partial charge in [-0.15, -0.1) is 0 Å². The van der Waals surface area contributed by atoms with E-state index in [9.17, 15) is 18.4 Å². The average molecular weight is 391 g/mol. The Bertz CT molecular complexity index is 841. The molecule has 1 amide bonds. The number of hydrogen-bond donors (Lipinski definition) is 0. The van der Waals surface area contributed by atoms with E-state index in [1.54, 1.807) is 25.1 Å². The van der Waals surface area contributed by atoms with Gasteiger partial charge in [-0.3, -0.25) is 9.59 Å². The molecule has 1 aliphatic rings. The Hall–Kier alpha value is -3.16. The van der Waals surface area contributed by atoms with Crippen molar-refractivity contribution in [1.82, 2.24) is 0 Å². The van der Waals surface area contributed by atoms with E-state index in [-0.39, 0.29) is 31.2 Å². The maximum Gasteiger partial charge on any atom is 0.387 e. The predicted molar refractivity (Wildman–Crippen MR) is 96.4 cm³/mol. The molecule has 0 fully saturated rings. The van der Waals surface area contributed by atoms with E-state index >= 15 is 0 Å². The molecule has 0 N–H and O–H groups in total. The number of carbonyl (C=O) groups is 2. The summed E-state index contributed by atoms with van der Waals surface area (Å²) in [6.07, 6.45) is -0.612. The van der Waals surface area contributed by atoms with Gasteiger partial charge in [0.2, 0.25) is 0 Å². The molecule has 1 aliphatic heterocycles. The molecule has 2 aromatic carbocycles. The highest BCUT2D eigenvalue weighted by Gasteiger charge is 2.31. The van der Waals surface area contributed by atoms with Crippen LogP contribution in [-0.2, 0) is 20.9 Å². The highest BCUT2D eigenvalue weighted by molar-refractivity contribution is 6.00. The second kappa shape index (κ2) is 8.69. The topological polar surface area (TPSA) is 65.1 Å². The quantitative estimate of drug-likeness (QED) is 0.676. The number of fused-ring (bicyclic) bond motifs is 1. The van der Waals surface area contributed by atoms with E-state index in [1.807, 2.05) is 6.07 Å². The number of alkyl halides is 2. The lowest BCUT2D eigenvalue weighted by Crippen LogP contribution is -2.45. The molecule has 0 saturated carbocycles. The highest BCUT2D eigenvalue weighted by atomic mass is 19.3. The number of ether oxygens (including phenoxy) is 3. The fraction of sp³-hybridized carbons (Fsp3) is 0.300. The Kier molecular flexibility index (Phi) is 6.08. The van der Waals surface area contributed by atoms with Gasteiger partial charge >= 0.3 is 12.6 Å². The number of hydrogen-bond acceptors (Lipinski definition) is 5. The van der Waals surface area contributed by atoms with Crippen LogP contribution in [0.1, 0.15) is 18.9 Å². The number of halogens is 2. The Morgan fingerprint density at radius 2 is 1.89 bits per heavy atom. The van der Waals surface area contributed by atoms with Crippen LogP contribution in [-0.4, -0.2) is 31.1 Å². The lowest BCUT2D eigenvalue weighted by atomic mass is 10.2. The minimum absolute atomic E-state index is 0.00214. The summed E-state index contributed by atoms with van der Waals surface area (Å²) in [5.74, 6) is -0.0729. The van der Waals surface area contributed by atoms with Crippen molar-refractivity contribution in [3.05, 3.63) is 54.1 Å². The second-order valence-electron chi connectivity index (χ2n) is 6.15. The molecule has 0 spiro atoms. The summed E-state index contributed by atoms with van der Waals surface area (Å²) in [5.41, 5.74) is 1.25. The summed E-state index contributed by atoms with van der Waals surface area (Å²) in [4.78, 5) is 25.9. The van der Waals surface area contributed by atoms with Crippen LogP contribution in [0.2, 0.25) is 0 Å². The van der Waals surface area contributed by atoms with Crippen molar-refractivity contribution >= 4 is 17.6 Å². The monoisotopic (exact) mass is 391 g/mol. The maximum absolute atomic E-state index is 12.4. The first-order valence-electron chi connectivity index (χ1n) is 8.70. The van der Waals surface area contributed by atoms with E-state index in [0.29, 0.717) is 17.0 Å². The molecule has 3 rings (SSSR count). The minimum Gasteiger partial charge on any atom is -0.479 e. The molecular formula is C20H19F2NO5. The van der Waals surface area contributed by atoms with Crippen LogP contribution in [0.3, 0.4) is 0 Å². The smallest absolute Gasteiger partial charge is 0.387 e. The summed E-state index contributed by atoms with van der Waals surface area (Å²) < 4.78 is 39.3. The van der Waals surface area contributed by atoms with Gasteiger partial charge in [0.25, 0.3) is 5.91 Å². The van der Waals surface area contributed by atoms with Crippen LogP contribution >= 0.6 is 0 Å². The average Bonchev–Trinajstić information content (AvgIpc) is 2.67. The second-order valence-corrected chi connectivity index (χ2v) is 6.15. The molecule has 0 radical (unpaired) electrons. The number of amides is 1. The summed E-state index contributed by atoms with van der Waals surface area (Å²) >= 11 is 0. The first kappa shape index (κ1) is 19.6. The molecule has 0 aliphatic carbocycles. The third-order valence-electron chi connectivity index (χ3n) is 4.16. The molecule has 0 bridgehead atoms. The van der Waals surface area contributed by atoms with Crippen molar-refractivity contribution in [2.75, 3.05) is 11.4 Å². The number of para-hydroxylation sites is 2. The molecule has 148 valence electrons. The summed E-state index contributed by atoms with van der Waals surface area (Å²) in [5, 5.41) is 0. The number of rotatable bonds is 7. The van der Waals surface area contributed by atoms with Crippen LogP contribution in [0.15, 0.2) is 48.5 Å². The van der Waals surface area contributed by atoms with Crippen molar-refractivity contribution in [2.24, 2.45) is 0 Å². The number of anilines is 1. The van der Waals surface area contributed by atoms with Gasteiger partial charge in [-0.25, -0.2) is 0 Å². The van der Waals surface area contributed by atoms with E-state index in [2.05, 4.69) is 4.74 Å². The lowest BCUT2D eigenvalue weighted by Gasteiger charge is -2.32. The molecule has 1 heterocycles. The van der Waals surface area contributed by atoms with Crippen LogP contribution < -0.4 is 14.4 Å². The standard InChI is InChI=1S/C20H19F2NO5/c1-13-19(25)23(16-4-2-3-5-17(16)27-13)11-10-18(24)26-12-14-6-8-15(9-7-14)28-20(21)22/h2-9,13,20H,10-12H2,1H3/t13-/m1/s1. The Labute approximate surface area is 160 Å². The summed E-state index contributed by atoms with van der Waals surface area (Å²) in [7, 11) is 0. The van der Waals surface area contributed by atoms with Crippen molar-refractivity contribution in [3.8, 4) is 11.5 Å². The molecule has 6 nitrogen and oxygen atoms in total. The molecule has 8 heteroatoms. The Balaban J connectivity index is 1.52. The molecule has 0 saturated heterocycles. The highest BCUT2D eigenvalue weighted by Crippen LogP contribution is 2.33. The predicted octanol–water partition coefficient (Wildman–Crippen LogP) is 3.54. The minimum atomic E-state index is -2.89.